The van der Waals surface area contributed by atoms with Crippen molar-refractivity contribution in [3.63, 3.8) is 0 Å². The summed E-state index contributed by atoms with van der Waals surface area (Å²) in [5, 5.41) is 11.0. The van der Waals surface area contributed by atoms with Crippen molar-refractivity contribution in [3.8, 4) is 11.5 Å². The molecule has 2 aromatic carbocycles. The number of hydrogen-bond acceptors (Lipinski definition) is 4. The molecule has 6 nitrogen and oxygen atoms in total. The maximum atomic E-state index is 11.4. The predicted octanol–water partition coefficient (Wildman–Crippen LogP) is 2.78. The minimum atomic E-state index is -1.03. The smallest absolute Gasteiger partial charge is 0.337 e. The van der Waals surface area contributed by atoms with E-state index in [1.165, 1.54) is 7.11 Å². The van der Waals surface area contributed by atoms with Gasteiger partial charge in [0.05, 0.1) is 31.8 Å². The summed E-state index contributed by atoms with van der Waals surface area (Å²) >= 11 is 0. The van der Waals surface area contributed by atoms with Crippen LogP contribution >= 0.6 is 0 Å². The van der Waals surface area contributed by atoms with E-state index in [2.05, 4.69) is 4.99 Å². The molecule has 2 aromatic rings. The molecule has 116 valence electrons. The molecule has 0 spiro atoms. The van der Waals surface area contributed by atoms with Gasteiger partial charge in [0.15, 0.2) is 11.5 Å². The van der Waals surface area contributed by atoms with E-state index in [0.29, 0.717) is 17.2 Å². The molecule has 22 heavy (non-hydrogen) atoms. The van der Waals surface area contributed by atoms with Crippen LogP contribution in [0.15, 0.2) is 29.3 Å². The lowest BCUT2D eigenvalue weighted by molar-refractivity contribution is 0.0698. The van der Waals surface area contributed by atoms with E-state index >= 15 is 0 Å². The quantitative estimate of drug-likeness (QED) is 0.679. The van der Waals surface area contributed by atoms with Crippen molar-refractivity contribution in [1.29, 1.82) is 0 Å². The van der Waals surface area contributed by atoms with E-state index in [4.69, 9.17) is 9.47 Å². The van der Waals surface area contributed by atoms with Gasteiger partial charge in [0.1, 0.15) is 0 Å². The summed E-state index contributed by atoms with van der Waals surface area (Å²) < 4.78 is 10.5. The van der Waals surface area contributed by atoms with E-state index in [9.17, 15) is 9.90 Å². The summed E-state index contributed by atoms with van der Waals surface area (Å²) in [6.07, 6.45) is 1.56. The molecule has 0 saturated heterocycles. The van der Waals surface area contributed by atoms with Crippen LogP contribution in [0, 0.1) is 0 Å². The van der Waals surface area contributed by atoms with Crippen LogP contribution in [0.5, 0.6) is 11.5 Å². The highest BCUT2D eigenvalue weighted by Gasteiger charge is 2.13. The molecule has 0 bridgehead atoms. The zero-order valence-corrected chi connectivity index (χ0v) is 13.0. The molecule has 0 saturated carbocycles. The number of aromatic carboxylic acids is 1. The molecule has 0 aliphatic carbocycles. The molecule has 1 N–H and O–H groups in total. The molecule has 6 heteroatoms. The Bertz CT molecular complexity index is 738. The van der Waals surface area contributed by atoms with Crippen LogP contribution in [0.3, 0.4) is 0 Å². The zero-order valence-electron chi connectivity index (χ0n) is 13.0. The molecule has 0 aliphatic heterocycles. The minimum absolute atomic E-state index is 0.137. The second-order valence-corrected chi connectivity index (χ2v) is 4.94. The first-order chi connectivity index (χ1) is 10.5. The molecule has 2 rings (SSSR count). The largest absolute Gasteiger partial charge is 0.493 e. The number of nitrogens with zero attached hydrogens (tertiary/aromatic N) is 2. The summed E-state index contributed by atoms with van der Waals surface area (Å²) in [4.78, 5) is 17.4. The van der Waals surface area contributed by atoms with E-state index in [-0.39, 0.29) is 5.56 Å². The lowest BCUT2D eigenvalue weighted by Crippen LogP contribution is -2.07. The van der Waals surface area contributed by atoms with Crippen LogP contribution in [0.1, 0.15) is 10.4 Å². The van der Waals surface area contributed by atoms with E-state index < -0.39 is 5.97 Å². The summed E-state index contributed by atoms with van der Waals surface area (Å²) in [6.45, 7) is 0. The molecule has 0 heterocycles. The average molecular weight is 302 g/mol. The van der Waals surface area contributed by atoms with Gasteiger partial charge in [0.25, 0.3) is 0 Å². The molecular formula is C16H18N2O4. The fourth-order valence-corrected chi connectivity index (χ4v) is 2.07. The van der Waals surface area contributed by atoms with Crippen LogP contribution in [-0.4, -0.2) is 50.6 Å². The Morgan fingerprint density at radius 3 is 2.09 bits per heavy atom. The van der Waals surface area contributed by atoms with Gasteiger partial charge in [-0.2, -0.15) is 0 Å². The van der Waals surface area contributed by atoms with Gasteiger partial charge < -0.3 is 19.5 Å². The summed E-state index contributed by atoms with van der Waals surface area (Å²) in [5.41, 5.74) is 0.527. The van der Waals surface area contributed by atoms with E-state index in [0.717, 1.165) is 10.8 Å². The van der Waals surface area contributed by atoms with E-state index in [1.807, 2.05) is 14.1 Å². The van der Waals surface area contributed by atoms with Crippen molar-refractivity contribution in [2.45, 2.75) is 0 Å². The fraction of sp³-hybridized carbons (Fsp3) is 0.250. The molecule has 0 radical (unpaired) electrons. The third-order valence-corrected chi connectivity index (χ3v) is 3.12. The Labute approximate surface area is 128 Å². The lowest BCUT2D eigenvalue weighted by atomic mass is 10.0. The van der Waals surface area contributed by atoms with Gasteiger partial charge in [0, 0.05) is 14.1 Å². The Hall–Kier alpha value is -2.76. The van der Waals surface area contributed by atoms with Gasteiger partial charge >= 0.3 is 5.97 Å². The molecule has 0 aromatic heterocycles. The monoisotopic (exact) mass is 302 g/mol. The van der Waals surface area contributed by atoms with Crippen molar-refractivity contribution < 1.29 is 19.4 Å². The van der Waals surface area contributed by atoms with Crippen molar-refractivity contribution in [2.75, 3.05) is 28.3 Å². The van der Waals surface area contributed by atoms with Gasteiger partial charge in [-0.05, 0) is 35.0 Å². The van der Waals surface area contributed by atoms with Gasteiger partial charge in [-0.3, -0.25) is 0 Å². The average Bonchev–Trinajstić information content (AvgIpc) is 2.50. The maximum absolute atomic E-state index is 11.4. The normalized spacial score (nSPS) is 10.9. The van der Waals surface area contributed by atoms with Gasteiger partial charge in [-0.15, -0.1) is 0 Å². The first-order valence-electron chi connectivity index (χ1n) is 6.60. The van der Waals surface area contributed by atoms with Crippen molar-refractivity contribution >= 4 is 28.8 Å². The Kier molecular flexibility index (Phi) is 4.50. The fourth-order valence-electron chi connectivity index (χ4n) is 2.07. The molecule has 0 unspecified atom stereocenters. The van der Waals surface area contributed by atoms with Crippen molar-refractivity contribution in [3.05, 3.63) is 29.8 Å². The van der Waals surface area contributed by atoms with Crippen LogP contribution in [0.2, 0.25) is 0 Å². The second kappa shape index (κ2) is 6.34. The van der Waals surface area contributed by atoms with E-state index in [1.54, 1.807) is 42.6 Å². The van der Waals surface area contributed by atoms with Crippen LogP contribution in [0.25, 0.3) is 10.8 Å². The molecule has 0 amide bonds. The molecule has 0 aliphatic rings. The number of rotatable bonds is 5. The second-order valence-electron chi connectivity index (χ2n) is 4.94. The first kappa shape index (κ1) is 15.6. The summed E-state index contributed by atoms with van der Waals surface area (Å²) in [5.74, 6) is 0.110. The zero-order chi connectivity index (χ0) is 16.3. The number of hydrogen-bond donors (Lipinski definition) is 1. The number of aliphatic imine (C=N–C) groups is 1. The Morgan fingerprint density at radius 2 is 1.64 bits per heavy atom. The summed E-state index contributed by atoms with van der Waals surface area (Å²) in [7, 11) is 6.73. The number of methoxy groups -OCH3 is 2. The highest BCUT2D eigenvalue weighted by molar-refractivity contribution is 6.01. The molecule has 0 fully saturated rings. The first-order valence-corrected chi connectivity index (χ1v) is 6.60. The van der Waals surface area contributed by atoms with Crippen LogP contribution in [0.4, 0.5) is 5.69 Å². The SMILES string of the molecule is COc1cc2cc(N=CN(C)C)c(C(=O)O)cc2cc1OC. The van der Waals surface area contributed by atoms with Gasteiger partial charge in [0.2, 0.25) is 0 Å². The number of fused-ring (bicyclic) bond motifs is 1. The lowest BCUT2D eigenvalue weighted by Gasteiger charge is -2.11. The number of carboxylic acids is 1. The molecular weight excluding hydrogens is 284 g/mol. The number of carbonyl (C=O) groups is 1. The third-order valence-electron chi connectivity index (χ3n) is 3.12. The highest BCUT2D eigenvalue weighted by Crippen LogP contribution is 2.35. The summed E-state index contributed by atoms with van der Waals surface area (Å²) in [6, 6.07) is 6.86. The van der Waals surface area contributed by atoms with Crippen molar-refractivity contribution in [1.82, 2.24) is 4.90 Å². The maximum Gasteiger partial charge on any atom is 0.337 e. The third kappa shape index (κ3) is 3.11. The molecule has 0 atom stereocenters. The number of benzene rings is 2. The van der Waals surface area contributed by atoms with Gasteiger partial charge in [-0.25, -0.2) is 9.79 Å². The number of ether oxygens (including phenoxy) is 2. The standard InChI is InChI=1S/C16H18N2O4/c1-18(2)9-17-13-6-11-8-15(22-4)14(21-3)7-10(11)5-12(13)16(19)20/h5-9H,1-4H3,(H,19,20). The van der Waals surface area contributed by atoms with Gasteiger partial charge in [-0.1, -0.05) is 0 Å². The Balaban J connectivity index is 2.69. The number of carboxylic acid groups (broad SMARTS) is 1. The highest BCUT2D eigenvalue weighted by atomic mass is 16.5. The minimum Gasteiger partial charge on any atom is -0.493 e. The Morgan fingerprint density at radius 1 is 1.09 bits per heavy atom. The van der Waals surface area contributed by atoms with Crippen molar-refractivity contribution in [2.24, 2.45) is 4.99 Å². The predicted molar refractivity (Wildman–Crippen MR) is 85.9 cm³/mol. The van der Waals surface area contributed by atoms with Crippen LogP contribution < -0.4 is 9.47 Å². The van der Waals surface area contributed by atoms with Crippen LogP contribution in [-0.2, 0) is 0 Å². The topological polar surface area (TPSA) is 71.4 Å².